The van der Waals surface area contributed by atoms with Gasteiger partial charge in [-0.05, 0) is 102 Å². The highest BCUT2D eigenvalue weighted by Crippen LogP contribution is 2.44. The third kappa shape index (κ3) is 5.01. The Labute approximate surface area is 300 Å². The molecule has 0 bridgehead atoms. The van der Waals surface area contributed by atoms with Crippen LogP contribution in [0, 0.1) is 0 Å². The molecular weight excluding hydrogens is 593 g/mol. The Morgan fingerprint density at radius 1 is 0.531 bits per heavy atom. The van der Waals surface area contributed by atoms with Crippen molar-refractivity contribution in [2.24, 2.45) is 0 Å². The number of hydrogen-bond donors (Lipinski definition) is 0. The first-order valence-corrected chi connectivity index (χ1v) is 16.1. The van der Waals surface area contributed by atoms with Crippen molar-refractivity contribution < 1.29 is 13.7 Å². The first-order chi connectivity index (χ1) is 28.3. The highest BCUT2D eigenvalue weighted by Gasteiger charge is 2.18. The van der Waals surface area contributed by atoms with E-state index in [1.807, 2.05) is 84.9 Å². The Bertz CT molecular complexity index is 3060. The average molecular weight is 637 g/mol. The molecule has 49 heavy (non-hydrogen) atoms. The predicted molar refractivity (Wildman–Crippen MR) is 207 cm³/mol. The number of imidazole rings is 1. The van der Waals surface area contributed by atoms with Gasteiger partial charge >= 0.3 is 0 Å². The fourth-order valence-electron chi connectivity index (χ4n) is 7.02. The molecule has 0 aliphatic rings. The minimum atomic E-state index is -2.95. The van der Waals surface area contributed by atoms with Crippen molar-refractivity contribution in [2.45, 2.75) is 13.2 Å². The second-order valence-electron chi connectivity index (χ2n) is 11.9. The van der Waals surface area contributed by atoms with Crippen LogP contribution in [0.25, 0.3) is 82.8 Å². The molecular formula is C47H34N2. The third-order valence-electron chi connectivity index (χ3n) is 9.13. The van der Waals surface area contributed by atoms with Crippen LogP contribution in [0.5, 0.6) is 0 Å². The molecule has 232 valence electrons. The molecule has 0 aliphatic heterocycles. The molecule has 0 fully saturated rings. The van der Waals surface area contributed by atoms with E-state index in [4.69, 9.17) is 13.7 Å². The minimum Gasteiger partial charge on any atom is -0.296 e. The summed E-state index contributed by atoms with van der Waals surface area (Å²) in [6.45, 7) is -2.95. The lowest BCUT2D eigenvalue weighted by Crippen LogP contribution is -2.00. The van der Waals surface area contributed by atoms with Gasteiger partial charge in [0.15, 0.2) is 0 Å². The van der Waals surface area contributed by atoms with Gasteiger partial charge in [-0.15, -0.1) is 0 Å². The Kier molecular flexibility index (Phi) is 4.98. The van der Waals surface area contributed by atoms with Gasteiger partial charge in [0.2, 0.25) is 0 Å². The van der Waals surface area contributed by atoms with Gasteiger partial charge in [-0.1, -0.05) is 146 Å². The smallest absolute Gasteiger partial charge is 0.114 e. The molecule has 0 unspecified atom stereocenters. The largest absolute Gasteiger partial charge is 0.296 e. The summed E-state index contributed by atoms with van der Waals surface area (Å²) >= 11 is 0. The van der Waals surface area contributed by atoms with Gasteiger partial charge in [0, 0.05) is 18.9 Å². The van der Waals surface area contributed by atoms with Gasteiger partial charge < -0.3 is 0 Å². The van der Waals surface area contributed by atoms with E-state index < -0.39 is 19.3 Å². The molecule has 1 heterocycles. The van der Waals surface area contributed by atoms with Crippen LogP contribution in [-0.2, 0) is 6.37 Å². The van der Waals surface area contributed by atoms with E-state index in [0.717, 1.165) is 54.9 Å². The average Bonchev–Trinajstić information content (AvgIpc) is 3.65. The topological polar surface area (TPSA) is 17.8 Å². The molecule has 0 spiro atoms. The number of hydrogen-bond acceptors (Lipinski definition) is 1. The lowest BCUT2D eigenvalue weighted by atomic mass is 9.85. The van der Waals surface area contributed by atoms with Gasteiger partial charge in [-0.25, -0.2) is 4.98 Å². The second kappa shape index (κ2) is 12.1. The molecule has 0 N–H and O–H groups in total. The van der Waals surface area contributed by atoms with Crippen molar-refractivity contribution in [1.29, 1.82) is 0 Å². The van der Waals surface area contributed by atoms with Crippen molar-refractivity contribution in [2.75, 3.05) is 0 Å². The van der Waals surface area contributed by atoms with Crippen LogP contribution in [0.4, 0.5) is 0 Å². The van der Waals surface area contributed by atoms with Crippen LogP contribution in [0.1, 0.15) is 26.4 Å². The van der Waals surface area contributed by atoms with Crippen molar-refractivity contribution in [3.05, 3.63) is 182 Å². The van der Waals surface area contributed by atoms with Crippen LogP contribution in [0.3, 0.4) is 0 Å². The normalized spacial score (nSPS) is 14.9. The zero-order valence-corrected chi connectivity index (χ0v) is 26.3. The van der Waals surface area contributed by atoms with Crippen molar-refractivity contribution in [3.63, 3.8) is 0 Å². The van der Waals surface area contributed by atoms with E-state index in [-0.39, 0.29) is 35.6 Å². The number of nitrogens with zero attached hydrogens (tertiary/aromatic N) is 2. The van der Waals surface area contributed by atoms with Gasteiger partial charge in [0.25, 0.3) is 0 Å². The quantitative estimate of drug-likeness (QED) is 0.166. The third-order valence-corrected chi connectivity index (χ3v) is 9.13. The van der Waals surface area contributed by atoms with Crippen LogP contribution in [0.2, 0.25) is 0 Å². The number of fused-ring (bicyclic) bond motifs is 3. The molecule has 2 nitrogen and oxygen atoms in total. The second-order valence-corrected chi connectivity index (χ2v) is 11.9. The summed E-state index contributed by atoms with van der Waals surface area (Å²) in [5, 5.41) is 3.97. The van der Waals surface area contributed by atoms with Gasteiger partial charge in [0.05, 0.1) is 17.9 Å². The summed E-state index contributed by atoms with van der Waals surface area (Å²) in [7, 11) is 0. The molecule has 0 saturated carbocycles. The predicted octanol–water partition coefficient (Wildman–Crippen LogP) is 12.6. The van der Waals surface area contributed by atoms with Crippen LogP contribution in [0.15, 0.2) is 176 Å². The Morgan fingerprint density at radius 2 is 1.04 bits per heavy atom. The maximum Gasteiger partial charge on any atom is 0.114 e. The number of aromatic nitrogens is 2. The summed E-state index contributed by atoms with van der Waals surface area (Å²) in [6.07, 6.45) is -2.72. The summed E-state index contributed by atoms with van der Waals surface area (Å²) in [5.74, 6) is -0.193. The molecule has 9 rings (SSSR count). The number of para-hydroxylation sites is 2. The molecule has 1 aromatic heterocycles. The Morgan fingerprint density at radius 3 is 1.65 bits per heavy atom. The maximum atomic E-state index is 8.66. The molecule has 0 atom stereocenters. The van der Waals surface area contributed by atoms with Crippen LogP contribution in [-0.4, -0.2) is 9.55 Å². The van der Waals surface area contributed by atoms with E-state index in [1.54, 1.807) is 28.8 Å². The fraction of sp³-hybridized carbons (Fsp3) is 0.0426. The standard InChI is InChI=1S/C47H34N2/c1-2-45-48-43-27-10-11-28-44(43)49(45)38-22-14-19-35(31-38)34-18-13-21-37(30-34)47-41-25-8-6-23-39(41)46(40-24-7-9-26-42(40)47)36-20-12-17-33(29-36)32-15-4-3-5-16-32/h3-31H,2H2,1H3/i1D3,2D2,3D,4D,5D,15D,16D. The summed E-state index contributed by atoms with van der Waals surface area (Å²) in [4.78, 5) is 4.50. The molecule has 0 radical (unpaired) electrons. The van der Waals surface area contributed by atoms with E-state index in [1.165, 1.54) is 0 Å². The van der Waals surface area contributed by atoms with E-state index in [2.05, 4.69) is 41.4 Å². The van der Waals surface area contributed by atoms with Crippen LogP contribution < -0.4 is 0 Å². The SMILES string of the molecule is [2H]c1c([2H])c([2H])c(-c2cccc(-c3c4ccccc4c(-c4cccc(-c5cccc(-n6c(C([2H])([2H])C([2H])([2H])[2H])nc7ccccc76)c5)c4)c4ccccc34)c2)c([2H])c1[2H]. The number of benzene rings is 8. The minimum absolute atomic E-state index is 0.150. The Balaban J connectivity index is 1.21. The highest BCUT2D eigenvalue weighted by atomic mass is 15.1. The summed E-state index contributed by atoms with van der Waals surface area (Å²) in [5.41, 5.74) is 7.87. The lowest BCUT2D eigenvalue weighted by molar-refractivity contribution is 0.908. The lowest BCUT2D eigenvalue weighted by Gasteiger charge is -2.18. The van der Waals surface area contributed by atoms with Gasteiger partial charge in [-0.3, -0.25) is 4.57 Å². The van der Waals surface area contributed by atoms with E-state index in [0.29, 0.717) is 22.3 Å². The molecule has 2 heteroatoms. The molecule has 0 aliphatic carbocycles. The number of aryl methyl sites for hydroxylation is 1. The van der Waals surface area contributed by atoms with Crippen molar-refractivity contribution in [3.8, 4) is 50.2 Å². The zero-order chi connectivity index (χ0) is 41.4. The van der Waals surface area contributed by atoms with Crippen molar-refractivity contribution >= 4 is 32.6 Å². The molecule has 8 aromatic carbocycles. The summed E-state index contributed by atoms with van der Waals surface area (Å²) < 4.78 is 84.9. The number of rotatable bonds is 6. The Hall–Kier alpha value is -6.25. The molecule has 9 aromatic rings. The zero-order valence-electron chi connectivity index (χ0n) is 36.3. The molecule has 0 amide bonds. The van der Waals surface area contributed by atoms with E-state index >= 15 is 0 Å². The van der Waals surface area contributed by atoms with E-state index in [9.17, 15) is 0 Å². The van der Waals surface area contributed by atoms with Crippen LogP contribution >= 0.6 is 0 Å². The first-order valence-electron chi connectivity index (χ1n) is 21.1. The summed E-state index contributed by atoms with van der Waals surface area (Å²) in [6, 6.07) is 45.2. The van der Waals surface area contributed by atoms with Crippen molar-refractivity contribution in [1.82, 2.24) is 9.55 Å². The molecule has 0 saturated heterocycles. The van der Waals surface area contributed by atoms with Gasteiger partial charge in [-0.2, -0.15) is 0 Å². The monoisotopic (exact) mass is 636 g/mol. The first kappa shape index (κ1) is 20.2. The highest BCUT2D eigenvalue weighted by molar-refractivity contribution is 6.21. The maximum absolute atomic E-state index is 8.66. The fourth-order valence-corrected chi connectivity index (χ4v) is 7.02. The van der Waals surface area contributed by atoms with Gasteiger partial charge in [0.1, 0.15) is 5.82 Å².